The SMILES string of the molecule is Cl.O=C1CC2(CC2)C(=O)N1CCCN1CCN(c2ccccc2OCC(F)(F)F)CC1. The van der Waals surface area contributed by atoms with Gasteiger partial charge in [-0.05, 0) is 37.9 Å². The zero-order chi connectivity index (χ0) is 21.4. The molecular weight excluding hydrogens is 435 g/mol. The van der Waals surface area contributed by atoms with Gasteiger partial charge in [-0.1, -0.05) is 12.1 Å². The largest absolute Gasteiger partial charge is 0.482 e. The molecule has 1 aliphatic carbocycles. The van der Waals surface area contributed by atoms with E-state index >= 15 is 0 Å². The lowest BCUT2D eigenvalue weighted by Crippen LogP contribution is -2.47. The summed E-state index contributed by atoms with van der Waals surface area (Å²) in [5.41, 5.74) is 0.314. The van der Waals surface area contributed by atoms with Crippen molar-refractivity contribution in [1.29, 1.82) is 0 Å². The Kier molecular flexibility index (Phi) is 7.05. The van der Waals surface area contributed by atoms with E-state index in [9.17, 15) is 22.8 Å². The third-order valence-electron chi connectivity index (χ3n) is 6.17. The van der Waals surface area contributed by atoms with E-state index in [0.717, 1.165) is 38.9 Å². The Morgan fingerprint density at radius 2 is 1.68 bits per heavy atom. The van der Waals surface area contributed by atoms with Crippen LogP contribution in [0.25, 0.3) is 0 Å². The van der Waals surface area contributed by atoms with Crippen LogP contribution in [0, 0.1) is 5.41 Å². The number of rotatable bonds is 7. The van der Waals surface area contributed by atoms with Crippen LogP contribution in [0.4, 0.5) is 18.9 Å². The number of halogens is 4. The van der Waals surface area contributed by atoms with Crippen LogP contribution in [0.3, 0.4) is 0 Å². The second kappa shape index (κ2) is 9.24. The second-order valence-corrected chi connectivity index (χ2v) is 8.36. The summed E-state index contributed by atoms with van der Waals surface area (Å²) in [6, 6.07) is 6.79. The maximum Gasteiger partial charge on any atom is 0.422 e. The number of imide groups is 1. The summed E-state index contributed by atoms with van der Waals surface area (Å²) < 4.78 is 42.5. The molecule has 1 saturated carbocycles. The van der Waals surface area contributed by atoms with Crippen LogP contribution in [-0.2, 0) is 9.59 Å². The molecule has 0 N–H and O–H groups in total. The molecule has 2 heterocycles. The van der Waals surface area contributed by atoms with Crippen molar-refractivity contribution < 1.29 is 27.5 Å². The maximum absolute atomic E-state index is 12.5. The summed E-state index contributed by atoms with van der Waals surface area (Å²) in [5.74, 6) is 0.203. The van der Waals surface area contributed by atoms with E-state index < -0.39 is 12.8 Å². The predicted octanol–water partition coefficient (Wildman–Crippen LogP) is 3.10. The Labute approximate surface area is 185 Å². The van der Waals surface area contributed by atoms with Crippen molar-refractivity contribution in [2.45, 2.75) is 31.9 Å². The summed E-state index contributed by atoms with van der Waals surface area (Å²) in [7, 11) is 0. The molecule has 0 radical (unpaired) electrons. The van der Waals surface area contributed by atoms with Crippen molar-refractivity contribution in [3.63, 3.8) is 0 Å². The number of piperazine rings is 1. The fraction of sp³-hybridized carbons (Fsp3) is 0.619. The van der Waals surface area contributed by atoms with Gasteiger partial charge in [-0.25, -0.2) is 0 Å². The first-order valence-electron chi connectivity index (χ1n) is 10.4. The molecule has 2 amide bonds. The van der Waals surface area contributed by atoms with Crippen LogP contribution in [0.15, 0.2) is 24.3 Å². The topological polar surface area (TPSA) is 53.1 Å². The number of benzene rings is 1. The van der Waals surface area contributed by atoms with E-state index in [1.807, 2.05) is 4.90 Å². The van der Waals surface area contributed by atoms with Gasteiger partial charge in [-0.2, -0.15) is 13.2 Å². The molecule has 0 aromatic heterocycles. The molecular formula is C21H27ClF3N3O3. The summed E-state index contributed by atoms with van der Waals surface area (Å²) >= 11 is 0. The van der Waals surface area contributed by atoms with Crippen LogP contribution in [-0.4, -0.2) is 73.7 Å². The maximum atomic E-state index is 12.5. The fourth-order valence-electron chi connectivity index (χ4n) is 4.29. The van der Waals surface area contributed by atoms with E-state index in [-0.39, 0.29) is 35.4 Å². The quantitative estimate of drug-likeness (QED) is 0.584. The van der Waals surface area contributed by atoms with E-state index in [2.05, 4.69) is 4.90 Å². The lowest BCUT2D eigenvalue weighted by molar-refractivity contribution is -0.153. The highest BCUT2D eigenvalue weighted by Gasteiger charge is 2.59. The number of ether oxygens (including phenoxy) is 1. The van der Waals surface area contributed by atoms with Gasteiger partial charge in [0, 0.05) is 39.1 Å². The van der Waals surface area contributed by atoms with Crippen LogP contribution < -0.4 is 9.64 Å². The lowest BCUT2D eigenvalue weighted by Gasteiger charge is -2.37. The Morgan fingerprint density at radius 3 is 2.29 bits per heavy atom. The minimum absolute atomic E-state index is 0. The number of para-hydroxylation sites is 2. The van der Waals surface area contributed by atoms with Crippen LogP contribution in [0.1, 0.15) is 25.7 Å². The Morgan fingerprint density at radius 1 is 1.00 bits per heavy atom. The highest BCUT2D eigenvalue weighted by atomic mass is 35.5. The van der Waals surface area contributed by atoms with E-state index in [4.69, 9.17) is 4.74 Å². The molecule has 0 bridgehead atoms. The summed E-state index contributed by atoms with van der Waals surface area (Å²) in [5, 5.41) is 0. The van der Waals surface area contributed by atoms with Gasteiger partial charge in [0.15, 0.2) is 6.61 Å². The van der Waals surface area contributed by atoms with Gasteiger partial charge in [0.1, 0.15) is 5.75 Å². The molecule has 0 atom stereocenters. The van der Waals surface area contributed by atoms with Gasteiger partial charge >= 0.3 is 6.18 Å². The Hall–Kier alpha value is -2.00. The van der Waals surface area contributed by atoms with E-state index in [0.29, 0.717) is 31.7 Å². The summed E-state index contributed by atoms with van der Waals surface area (Å²) in [6.45, 7) is 2.82. The first-order valence-corrected chi connectivity index (χ1v) is 10.4. The van der Waals surface area contributed by atoms with Crippen molar-refractivity contribution in [2.75, 3.05) is 50.8 Å². The number of carbonyl (C=O) groups is 2. The number of likely N-dealkylation sites (tertiary alicyclic amines) is 1. The second-order valence-electron chi connectivity index (χ2n) is 8.36. The monoisotopic (exact) mass is 461 g/mol. The number of amides is 2. The number of hydrogen-bond donors (Lipinski definition) is 0. The van der Waals surface area contributed by atoms with Crippen LogP contribution >= 0.6 is 12.4 Å². The van der Waals surface area contributed by atoms with Gasteiger partial charge in [-0.15, -0.1) is 12.4 Å². The normalized spacial score (nSPS) is 20.9. The van der Waals surface area contributed by atoms with Crippen LogP contribution in [0.5, 0.6) is 5.75 Å². The zero-order valence-electron chi connectivity index (χ0n) is 17.2. The minimum atomic E-state index is -4.37. The number of nitrogens with zero attached hydrogens (tertiary/aromatic N) is 3. The zero-order valence-corrected chi connectivity index (χ0v) is 18.0. The molecule has 1 aromatic rings. The van der Waals surface area contributed by atoms with Crippen LogP contribution in [0.2, 0.25) is 0 Å². The molecule has 0 unspecified atom stereocenters. The molecule has 1 aromatic carbocycles. The molecule has 31 heavy (non-hydrogen) atoms. The fourth-order valence-corrected chi connectivity index (χ4v) is 4.29. The third-order valence-corrected chi connectivity index (χ3v) is 6.17. The number of alkyl halides is 3. The van der Waals surface area contributed by atoms with Crippen molar-refractivity contribution >= 4 is 29.9 Å². The first-order chi connectivity index (χ1) is 14.3. The van der Waals surface area contributed by atoms with Gasteiger partial charge in [0.2, 0.25) is 11.8 Å². The van der Waals surface area contributed by atoms with E-state index in [1.165, 1.54) is 4.90 Å². The highest BCUT2D eigenvalue weighted by Crippen LogP contribution is 2.54. The average Bonchev–Trinajstić information content (AvgIpc) is 3.45. The van der Waals surface area contributed by atoms with E-state index in [1.54, 1.807) is 24.3 Å². The van der Waals surface area contributed by atoms with Gasteiger partial charge < -0.3 is 9.64 Å². The Bertz CT molecular complexity index is 809. The standard InChI is InChI=1S/C21H26F3N3O3.ClH/c22-21(23,24)15-30-17-5-2-1-4-16(17)26-12-10-25(11-13-26)8-3-9-27-18(28)14-20(6-7-20)19(27)29;/h1-2,4-5H,3,6-15H2;1H. The molecule has 6 nitrogen and oxygen atoms in total. The molecule has 2 aliphatic heterocycles. The minimum Gasteiger partial charge on any atom is -0.482 e. The Balaban J connectivity index is 0.00000272. The van der Waals surface area contributed by atoms with Gasteiger partial charge in [0.25, 0.3) is 0 Å². The average molecular weight is 462 g/mol. The molecule has 10 heteroatoms. The predicted molar refractivity (Wildman–Crippen MR) is 112 cm³/mol. The first kappa shape index (κ1) is 23.7. The van der Waals surface area contributed by atoms with Crippen molar-refractivity contribution in [3.05, 3.63) is 24.3 Å². The lowest BCUT2D eigenvalue weighted by atomic mass is 10.1. The molecule has 172 valence electrons. The number of carbonyl (C=O) groups excluding carboxylic acids is 2. The van der Waals surface area contributed by atoms with Gasteiger partial charge in [-0.3, -0.25) is 19.4 Å². The van der Waals surface area contributed by atoms with Gasteiger partial charge in [0.05, 0.1) is 11.1 Å². The number of anilines is 1. The van der Waals surface area contributed by atoms with Crippen molar-refractivity contribution in [2.24, 2.45) is 5.41 Å². The molecule has 4 rings (SSSR count). The van der Waals surface area contributed by atoms with Crippen molar-refractivity contribution in [1.82, 2.24) is 9.80 Å². The molecule has 1 spiro atoms. The molecule has 3 aliphatic rings. The number of hydrogen-bond acceptors (Lipinski definition) is 5. The summed E-state index contributed by atoms with van der Waals surface area (Å²) in [4.78, 5) is 30.1. The smallest absolute Gasteiger partial charge is 0.422 e. The third kappa shape index (κ3) is 5.44. The van der Waals surface area contributed by atoms with Crippen molar-refractivity contribution in [3.8, 4) is 5.75 Å². The highest BCUT2D eigenvalue weighted by molar-refractivity contribution is 6.07. The molecule has 2 saturated heterocycles. The summed E-state index contributed by atoms with van der Waals surface area (Å²) in [6.07, 6.45) is -1.59. The molecule has 3 fully saturated rings.